The van der Waals surface area contributed by atoms with Crippen LogP contribution in [0.4, 0.5) is 5.69 Å². The molecule has 0 radical (unpaired) electrons. The van der Waals surface area contributed by atoms with E-state index >= 15 is 0 Å². The Balaban J connectivity index is 2.62. The van der Waals surface area contributed by atoms with Crippen molar-refractivity contribution in [2.45, 2.75) is 19.9 Å². The van der Waals surface area contributed by atoms with E-state index in [1.165, 1.54) is 4.57 Å². The summed E-state index contributed by atoms with van der Waals surface area (Å²) in [5, 5.41) is 18.4. The summed E-state index contributed by atoms with van der Waals surface area (Å²) in [5.74, 6) is -0.641. The molecule has 0 spiro atoms. The van der Waals surface area contributed by atoms with Crippen molar-refractivity contribution in [1.82, 2.24) is 4.57 Å². The summed E-state index contributed by atoms with van der Waals surface area (Å²) < 4.78 is 6.45. The van der Waals surface area contributed by atoms with E-state index in [4.69, 9.17) is 10.5 Å². The molecule has 0 aliphatic heterocycles. The van der Waals surface area contributed by atoms with Crippen LogP contribution in [0.2, 0.25) is 0 Å². The fourth-order valence-electron chi connectivity index (χ4n) is 2.19. The number of ether oxygens (including phenoxy) is 1. The molecule has 2 aromatic rings. The third-order valence-electron chi connectivity index (χ3n) is 3.12. The molecule has 116 valence electrons. The Morgan fingerprint density at radius 2 is 2.18 bits per heavy atom. The fraction of sp³-hybridized carbons (Fsp3) is 0.286. The molecule has 22 heavy (non-hydrogen) atoms. The highest BCUT2D eigenvalue weighted by Crippen LogP contribution is 2.41. The van der Waals surface area contributed by atoms with Gasteiger partial charge in [0.1, 0.15) is 6.04 Å². The van der Waals surface area contributed by atoms with Crippen molar-refractivity contribution >= 4 is 39.9 Å². The average molecular weight is 320 g/mol. The highest BCUT2D eigenvalue weighted by Gasteiger charge is 2.25. The van der Waals surface area contributed by atoms with Gasteiger partial charge in [-0.1, -0.05) is 18.2 Å². The first-order valence-electron chi connectivity index (χ1n) is 6.67. The Kier molecular flexibility index (Phi) is 4.71. The molecule has 1 heterocycles. The number of fused-ring (bicyclic) bond motifs is 1. The number of esters is 1. The highest BCUT2D eigenvalue weighted by molar-refractivity contribution is 7.80. The Bertz CT molecular complexity index is 754. The summed E-state index contributed by atoms with van der Waals surface area (Å²) in [4.78, 5) is 12.0. The first kappa shape index (κ1) is 15.9. The van der Waals surface area contributed by atoms with Crippen molar-refractivity contribution in [1.29, 1.82) is 0 Å². The highest BCUT2D eigenvalue weighted by atomic mass is 32.1. The molecule has 7 nitrogen and oxygen atoms in total. The molecule has 0 amide bonds. The molecule has 1 atom stereocenters. The smallest absolute Gasteiger partial charge is 0.328 e. The van der Waals surface area contributed by atoms with E-state index < -0.39 is 12.0 Å². The number of carbonyl (C=O) groups excluding carboxylic acids is 1. The molecule has 0 bridgehead atoms. The molecule has 1 unspecified atom stereocenters. The number of hydrogen-bond donors (Lipinski definition) is 2. The number of thiocarbonyl (C=S) groups is 1. The van der Waals surface area contributed by atoms with Gasteiger partial charge in [-0.2, -0.15) is 0 Å². The summed E-state index contributed by atoms with van der Waals surface area (Å²) in [6.07, 6.45) is 0. The van der Waals surface area contributed by atoms with E-state index in [9.17, 15) is 9.90 Å². The third-order valence-corrected chi connectivity index (χ3v) is 3.20. The molecule has 1 aromatic carbocycles. The van der Waals surface area contributed by atoms with E-state index in [2.05, 4.69) is 22.4 Å². The average Bonchev–Trinajstić information content (AvgIpc) is 2.76. The Morgan fingerprint density at radius 3 is 2.82 bits per heavy atom. The van der Waals surface area contributed by atoms with Gasteiger partial charge in [0.25, 0.3) is 0 Å². The second-order valence-electron chi connectivity index (χ2n) is 4.53. The second-order valence-corrected chi connectivity index (χ2v) is 4.94. The van der Waals surface area contributed by atoms with Crippen LogP contribution in [0.5, 0.6) is 5.88 Å². The maximum atomic E-state index is 12.0. The monoisotopic (exact) mass is 320 g/mol. The molecule has 1 aromatic heterocycles. The van der Waals surface area contributed by atoms with Crippen LogP contribution in [0.25, 0.3) is 10.9 Å². The summed E-state index contributed by atoms with van der Waals surface area (Å²) in [5.41, 5.74) is 6.14. The van der Waals surface area contributed by atoms with Gasteiger partial charge in [0.2, 0.25) is 11.0 Å². The molecule has 2 rings (SSSR count). The van der Waals surface area contributed by atoms with E-state index in [1.54, 1.807) is 38.1 Å². The number of carbonyl (C=O) groups is 1. The van der Waals surface area contributed by atoms with Crippen LogP contribution >= 0.6 is 12.2 Å². The number of azo groups is 1. The Labute approximate surface area is 132 Å². The Hall–Kier alpha value is -2.48. The van der Waals surface area contributed by atoms with Gasteiger partial charge in [-0.15, -0.1) is 10.2 Å². The molecule has 0 fully saturated rings. The van der Waals surface area contributed by atoms with Gasteiger partial charge in [0.15, 0.2) is 5.69 Å². The van der Waals surface area contributed by atoms with Crippen LogP contribution in [0.1, 0.15) is 19.9 Å². The lowest BCUT2D eigenvalue weighted by Gasteiger charge is -2.14. The number of hydrogen-bond acceptors (Lipinski definition) is 5. The number of rotatable bonds is 4. The van der Waals surface area contributed by atoms with Gasteiger partial charge in [0, 0.05) is 5.39 Å². The largest absolute Gasteiger partial charge is 0.493 e. The van der Waals surface area contributed by atoms with Crippen LogP contribution in [0.15, 0.2) is 34.5 Å². The van der Waals surface area contributed by atoms with Crippen molar-refractivity contribution in [2.24, 2.45) is 16.0 Å². The molecule has 3 N–H and O–H groups in total. The van der Waals surface area contributed by atoms with Crippen molar-refractivity contribution < 1.29 is 14.6 Å². The van der Waals surface area contributed by atoms with Crippen LogP contribution in [0, 0.1) is 0 Å². The van der Waals surface area contributed by atoms with E-state index in [0.29, 0.717) is 10.9 Å². The maximum Gasteiger partial charge on any atom is 0.328 e. The number of aromatic nitrogens is 1. The number of nitrogens with two attached hydrogens (primary N) is 1. The number of para-hydroxylation sites is 1. The zero-order valence-corrected chi connectivity index (χ0v) is 13.0. The summed E-state index contributed by atoms with van der Waals surface area (Å²) in [6.45, 7) is 3.62. The van der Waals surface area contributed by atoms with Gasteiger partial charge >= 0.3 is 5.97 Å². The molecule has 8 heteroatoms. The van der Waals surface area contributed by atoms with Gasteiger partial charge in [-0.25, -0.2) is 4.79 Å². The first-order valence-corrected chi connectivity index (χ1v) is 7.07. The van der Waals surface area contributed by atoms with Gasteiger partial charge in [-0.3, -0.25) is 4.57 Å². The summed E-state index contributed by atoms with van der Waals surface area (Å²) in [7, 11) is 0. The normalized spacial score (nSPS) is 12.6. The van der Waals surface area contributed by atoms with Crippen molar-refractivity contribution in [2.75, 3.05) is 6.61 Å². The van der Waals surface area contributed by atoms with Crippen molar-refractivity contribution in [3.05, 3.63) is 24.3 Å². The van der Waals surface area contributed by atoms with Crippen molar-refractivity contribution in [3.8, 4) is 5.88 Å². The second kappa shape index (κ2) is 6.52. The number of benzene rings is 1. The van der Waals surface area contributed by atoms with Crippen LogP contribution in [-0.4, -0.2) is 27.4 Å². The third kappa shape index (κ3) is 2.91. The van der Waals surface area contributed by atoms with Crippen LogP contribution in [-0.2, 0) is 9.53 Å². The number of nitrogens with zero attached hydrogens (tertiary/aromatic N) is 3. The molecular weight excluding hydrogens is 304 g/mol. The molecule has 0 saturated carbocycles. The lowest BCUT2D eigenvalue weighted by atomic mass is 10.2. The van der Waals surface area contributed by atoms with E-state index in [1.807, 2.05) is 0 Å². The SMILES string of the molecule is CCOC(=O)C(C)n1c(O)c(N=NC(N)=S)c2ccccc21. The lowest BCUT2D eigenvalue weighted by molar-refractivity contribution is -0.146. The zero-order chi connectivity index (χ0) is 16.3. The van der Waals surface area contributed by atoms with Crippen LogP contribution in [0.3, 0.4) is 0 Å². The van der Waals surface area contributed by atoms with Crippen LogP contribution < -0.4 is 5.73 Å². The first-order chi connectivity index (χ1) is 10.5. The fourth-order valence-corrected chi connectivity index (χ4v) is 2.23. The van der Waals surface area contributed by atoms with Crippen molar-refractivity contribution in [3.63, 3.8) is 0 Å². The van der Waals surface area contributed by atoms with Gasteiger partial charge < -0.3 is 15.6 Å². The van der Waals surface area contributed by atoms with E-state index in [0.717, 1.165) is 0 Å². The summed E-state index contributed by atoms with van der Waals surface area (Å²) in [6, 6.07) is 6.41. The molecular formula is C14H16N4O3S. The Morgan fingerprint density at radius 1 is 1.50 bits per heavy atom. The van der Waals surface area contributed by atoms with Gasteiger partial charge in [-0.05, 0) is 32.1 Å². The zero-order valence-electron chi connectivity index (χ0n) is 12.2. The minimum Gasteiger partial charge on any atom is -0.493 e. The molecule has 0 saturated heterocycles. The minimum absolute atomic E-state index is 0.144. The lowest BCUT2D eigenvalue weighted by Crippen LogP contribution is -2.18. The molecule has 0 aliphatic rings. The minimum atomic E-state index is -0.710. The van der Waals surface area contributed by atoms with Gasteiger partial charge in [0.05, 0.1) is 12.1 Å². The standard InChI is InChI=1S/C14H16N4O3S/c1-3-21-13(20)8(2)18-10-7-5-4-6-9(10)11(12(18)19)16-17-14(15)22/h4-8,19H,3H2,1-2H3,(H2,15,22). The van der Waals surface area contributed by atoms with E-state index in [-0.39, 0.29) is 23.3 Å². The quantitative estimate of drug-likeness (QED) is 0.512. The molecule has 0 aliphatic carbocycles. The maximum absolute atomic E-state index is 12.0. The number of aromatic hydroxyl groups is 1. The summed E-state index contributed by atoms with van der Waals surface area (Å²) >= 11 is 4.65. The predicted octanol–water partition coefficient (Wildman–Crippen LogP) is 2.80. The predicted molar refractivity (Wildman–Crippen MR) is 86.2 cm³/mol. The topological polar surface area (TPSA) is 102 Å².